The predicted molar refractivity (Wildman–Crippen MR) is 59.4 cm³/mol. The maximum absolute atomic E-state index is 12.3. The number of hydrogen-bond acceptors (Lipinski definition) is 4. The lowest BCUT2D eigenvalue weighted by molar-refractivity contribution is -0.0509. The second-order valence-corrected chi connectivity index (χ2v) is 5.35. The number of allylic oxidation sites excluding steroid dienone is 1. The lowest BCUT2D eigenvalue weighted by Gasteiger charge is -2.11. The first kappa shape index (κ1) is 13.6. The molecule has 0 aromatic heterocycles. The first-order chi connectivity index (χ1) is 8.65. The van der Waals surface area contributed by atoms with E-state index in [1.54, 1.807) is 0 Å². The molecule has 0 radical (unpaired) electrons. The minimum absolute atomic E-state index is 0.0397. The second-order valence-electron chi connectivity index (χ2n) is 3.81. The van der Waals surface area contributed by atoms with Crippen molar-refractivity contribution in [2.24, 2.45) is 0 Å². The molecule has 1 aliphatic carbocycles. The maximum atomic E-state index is 12.3. The molecule has 0 heterocycles. The molecular formula is C11H7F3O4S. The Kier molecular flexibility index (Phi) is 2.93. The van der Waals surface area contributed by atoms with Gasteiger partial charge in [0.15, 0.2) is 11.5 Å². The monoisotopic (exact) mass is 292 g/mol. The molecule has 8 heteroatoms. The van der Waals surface area contributed by atoms with Crippen LogP contribution in [0.4, 0.5) is 13.2 Å². The van der Waals surface area contributed by atoms with Crippen LogP contribution < -0.4 is 0 Å². The fourth-order valence-electron chi connectivity index (χ4n) is 1.65. The molecule has 1 aromatic rings. The average molecular weight is 292 g/mol. The highest BCUT2D eigenvalue weighted by Crippen LogP contribution is 2.37. The first-order valence-electron chi connectivity index (χ1n) is 5.01. The molecule has 2 rings (SSSR count). The van der Waals surface area contributed by atoms with Crippen LogP contribution in [0.25, 0.3) is 5.76 Å². The summed E-state index contributed by atoms with van der Waals surface area (Å²) in [7, 11) is -5.79. The number of carbonyl (C=O) groups excluding carboxylic acids is 1. The molecule has 0 N–H and O–H groups in total. The van der Waals surface area contributed by atoms with Gasteiger partial charge in [0.2, 0.25) is 0 Å². The Morgan fingerprint density at radius 3 is 2.16 bits per heavy atom. The van der Waals surface area contributed by atoms with Crippen molar-refractivity contribution in [3.05, 3.63) is 41.0 Å². The van der Waals surface area contributed by atoms with Gasteiger partial charge >= 0.3 is 15.6 Å². The van der Waals surface area contributed by atoms with Crippen LogP contribution in [0.3, 0.4) is 0 Å². The number of halogens is 3. The van der Waals surface area contributed by atoms with Crippen molar-refractivity contribution < 1.29 is 30.6 Å². The van der Waals surface area contributed by atoms with Crippen LogP contribution in [0.15, 0.2) is 29.8 Å². The van der Waals surface area contributed by atoms with Gasteiger partial charge < -0.3 is 4.18 Å². The fourth-order valence-corrected chi connectivity index (χ4v) is 2.18. The van der Waals surface area contributed by atoms with Gasteiger partial charge in [-0.2, -0.15) is 21.6 Å². The molecule has 1 aromatic carbocycles. The quantitative estimate of drug-likeness (QED) is 0.620. The van der Waals surface area contributed by atoms with E-state index in [0.29, 0.717) is 0 Å². The molecule has 0 saturated heterocycles. The Morgan fingerprint density at radius 1 is 1.11 bits per heavy atom. The molecule has 102 valence electrons. The molecule has 0 spiro atoms. The number of benzene rings is 1. The largest absolute Gasteiger partial charge is 0.534 e. The van der Waals surface area contributed by atoms with Crippen molar-refractivity contribution in [2.75, 3.05) is 0 Å². The summed E-state index contributed by atoms with van der Waals surface area (Å²) in [5.74, 6) is -1.12. The minimum Gasteiger partial charge on any atom is -0.375 e. The molecule has 0 bridgehead atoms. The van der Waals surface area contributed by atoms with E-state index in [2.05, 4.69) is 4.18 Å². The predicted octanol–water partition coefficient (Wildman–Crippen LogP) is 2.48. The van der Waals surface area contributed by atoms with Gasteiger partial charge in [-0.3, -0.25) is 4.79 Å². The Morgan fingerprint density at radius 2 is 1.63 bits per heavy atom. The lowest BCUT2D eigenvalue weighted by Crippen LogP contribution is -2.25. The van der Waals surface area contributed by atoms with Crippen molar-refractivity contribution in [3.63, 3.8) is 0 Å². The van der Waals surface area contributed by atoms with Crippen LogP contribution in [-0.4, -0.2) is 19.7 Å². The summed E-state index contributed by atoms with van der Waals surface area (Å²) in [6, 6.07) is 5.70. The van der Waals surface area contributed by atoms with Gasteiger partial charge in [-0.25, -0.2) is 0 Å². The Balaban J connectivity index is 2.51. The molecule has 0 unspecified atom stereocenters. The fraction of sp³-hybridized carbons (Fsp3) is 0.182. The van der Waals surface area contributed by atoms with E-state index < -0.39 is 27.2 Å². The zero-order valence-electron chi connectivity index (χ0n) is 9.48. The van der Waals surface area contributed by atoms with Gasteiger partial charge in [-0.1, -0.05) is 24.3 Å². The van der Waals surface area contributed by atoms with E-state index >= 15 is 0 Å². The van der Waals surface area contributed by atoms with E-state index in [4.69, 9.17) is 0 Å². The van der Waals surface area contributed by atoms with Crippen LogP contribution in [0.5, 0.6) is 0 Å². The third kappa shape index (κ3) is 2.12. The Bertz CT molecular complexity index is 686. The van der Waals surface area contributed by atoms with Crippen molar-refractivity contribution in [1.82, 2.24) is 0 Å². The smallest absolute Gasteiger partial charge is 0.375 e. The Labute approximate surface area is 106 Å². The maximum Gasteiger partial charge on any atom is 0.534 e. The molecule has 0 atom stereocenters. The van der Waals surface area contributed by atoms with Gasteiger partial charge in [0, 0.05) is 16.7 Å². The lowest BCUT2D eigenvalue weighted by atomic mass is 10.1. The van der Waals surface area contributed by atoms with Crippen LogP contribution in [-0.2, 0) is 14.3 Å². The SMILES string of the molecule is CC1=C(OS(=O)(=O)C(F)(F)F)c2ccccc2C1=O. The van der Waals surface area contributed by atoms with Gasteiger partial charge in [-0.15, -0.1) is 0 Å². The van der Waals surface area contributed by atoms with E-state index in [1.165, 1.54) is 31.2 Å². The van der Waals surface area contributed by atoms with Gasteiger partial charge in [0.1, 0.15) is 0 Å². The number of alkyl halides is 3. The summed E-state index contributed by atoms with van der Waals surface area (Å²) in [6.07, 6.45) is 0. The van der Waals surface area contributed by atoms with Crippen molar-refractivity contribution in [3.8, 4) is 0 Å². The van der Waals surface area contributed by atoms with Crippen LogP contribution in [0.2, 0.25) is 0 Å². The molecular weight excluding hydrogens is 285 g/mol. The highest BCUT2D eigenvalue weighted by Gasteiger charge is 2.50. The number of fused-ring (bicyclic) bond motifs is 1. The van der Waals surface area contributed by atoms with E-state index in [-0.39, 0.29) is 16.7 Å². The second kappa shape index (κ2) is 4.09. The molecule has 0 saturated carbocycles. The van der Waals surface area contributed by atoms with Crippen molar-refractivity contribution in [1.29, 1.82) is 0 Å². The summed E-state index contributed by atoms with van der Waals surface area (Å²) in [5, 5.41) is 0. The van der Waals surface area contributed by atoms with Crippen molar-refractivity contribution >= 4 is 21.7 Å². The number of ketones is 1. The van der Waals surface area contributed by atoms with Crippen molar-refractivity contribution in [2.45, 2.75) is 12.4 Å². The topological polar surface area (TPSA) is 60.4 Å². The third-order valence-corrected chi connectivity index (χ3v) is 3.53. The highest BCUT2D eigenvalue weighted by molar-refractivity contribution is 7.87. The Hall–Kier alpha value is -1.83. The van der Waals surface area contributed by atoms with Gasteiger partial charge in [0.25, 0.3) is 0 Å². The van der Waals surface area contributed by atoms with Gasteiger partial charge in [0.05, 0.1) is 0 Å². The van der Waals surface area contributed by atoms with Gasteiger partial charge in [-0.05, 0) is 6.92 Å². The molecule has 1 aliphatic rings. The third-order valence-electron chi connectivity index (χ3n) is 2.57. The number of carbonyl (C=O) groups is 1. The summed E-state index contributed by atoms with van der Waals surface area (Å²) in [6.45, 7) is 1.21. The summed E-state index contributed by atoms with van der Waals surface area (Å²) >= 11 is 0. The summed E-state index contributed by atoms with van der Waals surface area (Å²) in [5.41, 5.74) is -5.56. The molecule has 4 nitrogen and oxygen atoms in total. The first-order valence-corrected chi connectivity index (χ1v) is 6.41. The van der Waals surface area contributed by atoms with E-state index in [0.717, 1.165) is 0 Å². The number of Topliss-reactive ketones (excluding diaryl/α,β-unsaturated/α-hetero) is 1. The number of rotatable bonds is 2. The van der Waals surface area contributed by atoms with Crippen LogP contribution in [0.1, 0.15) is 22.8 Å². The molecule has 0 amide bonds. The molecule has 0 fully saturated rings. The molecule has 19 heavy (non-hydrogen) atoms. The zero-order chi connectivity index (χ0) is 14.4. The average Bonchev–Trinajstić information content (AvgIpc) is 2.54. The van der Waals surface area contributed by atoms with Crippen LogP contribution in [0, 0.1) is 0 Å². The summed E-state index contributed by atoms with van der Waals surface area (Å²) in [4.78, 5) is 11.7. The summed E-state index contributed by atoms with van der Waals surface area (Å²) < 4.78 is 62.8. The van der Waals surface area contributed by atoms with E-state index in [9.17, 15) is 26.4 Å². The van der Waals surface area contributed by atoms with E-state index in [1.807, 2.05) is 0 Å². The zero-order valence-corrected chi connectivity index (χ0v) is 10.3. The standard InChI is InChI=1S/C11H7F3O4S/c1-6-9(15)7-4-2-3-5-8(7)10(6)18-19(16,17)11(12,13)14/h2-5H,1H3. The number of hydrogen-bond donors (Lipinski definition) is 0. The normalized spacial score (nSPS) is 15.7. The molecule has 0 aliphatic heterocycles. The van der Waals surface area contributed by atoms with Crippen LogP contribution >= 0.6 is 0 Å². The minimum atomic E-state index is -5.79. The highest BCUT2D eigenvalue weighted by atomic mass is 32.2.